The van der Waals surface area contributed by atoms with Crippen LogP contribution in [0.15, 0.2) is 47.5 Å². The van der Waals surface area contributed by atoms with Gasteiger partial charge >= 0.3 is 0 Å². The summed E-state index contributed by atoms with van der Waals surface area (Å²) in [5.74, 6) is -0.417. The minimum atomic E-state index is -3.78. The molecule has 24 heavy (non-hydrogen) atoms. The number of amides is 1. The van der Waals surface area contributed by atoms with Crippen LogP contribution in [-0.2, 0) is 14.8 Å². The molecule has 2 N–H and O–H groups in total. The van der Waals surface area contributed by atoms with Gasteiger partial charge in [0.25, 0.3) is 15.9 Å². The van der Waals surface area contributed by atoms with Crippen LogP contribution in [0.25, 0.3) is 0 Å². The van der Waals surface area contributed by atoms with Crippen LogP contribution in [0.4, 0.5) is 5.69 Å². The number of sulfonamides is 1. The fourth-order valence-corrected chi connectivity index (χ4v) is 2.98. The first-order valence-electron chi connectivity index (χ1n) is 6.94. The van der Waals surface area contributed by atoms with Crippen LogP contribution >= 0.6 is 11.6 Å². The maximum Gasteiger partial charge on any atom is 0.270 e. The topological polar surface area (TPSA) is 97.4 Å². The summed E-state index contributed by atoms with van der Waals surface area (Å²) in [7, 11) is -2.26. The van der Waals surface area contributed by atoms with Crippen molar-refractivity contribution in [2.75, 3.05) is 25.0 Å². The molecule has 1 aromatic carbocycles. The van der Waals surface area contributed by atoms with Gasteiger partial charge in [0, 0.05) is 24.9 Å². The van der Waals surface area contributed by atoms with Crippen molar-refractivity contribution < 1.29 is 17.9 Å². The van der Waals surface area contributed by atoms with Crippen LogP contribution < -0.4 is 10.0 Å². The smallest absolute Gasteiger partial charge is 0.270 e. The Morgan fingerprint density at radius 2 is 1.96 bits per heavy atom. The standard InChI is InChI=1S/C15H16ClN3O4S/c1-23-9-8-18-15(20)14-10-12(6-7-17-14)19-24(21,22)13-4-2-11(16)3-5-13/h2-7,10H,8-9H2,1H3,(H,17,19)(H,18,20). The second kappa shape index (κ2) is 8.09. The zero-order valence-electron chi connectivity index (χ0n) is 12.8. The van der Waals surface area contributed by atoms with E-state index in [1.807, 2.05) is 0 Å². The summed E-state index contributed by atoms with van der Waals surface area (Å²) in [6.07, 6.45) is 1.35. The van der Waals surface area contributed by atoms with Crippen molar-refractivity contribution in [1.82, 2.24) is 10.3 Å². The van der Waals surface area contributed by atoms with E-state index in [-0.39, 0.29) is 16.3 Å². The fourth-order valence-electron chi connectivity index (χ4n) is 1.80. The first kappa shape index (κ1) is 18.2. The zero-order valence-corrected chi connectivity index (χ0v) is 14.4. The molecule has 0 atom stereocenters. The number of hydrogen-bond donors (Lipinski definition) is 2. The third-order valence-electron chi connectivity index (χ3n) is 2.96. The number of carbonyl (C=O) groups excluding carboxylic acids is 1. The number of hydrogen-bond acceptors (Lipinski definition) is 5. The molecule has 0 bridgehead atoms. The molecule has 1 heterocycles. The summed E-state index contributed by atoms with van der Waals surface area (Å²) in [5, 5.41) is 3.05. The zero-order chi connectivity index (χ0) is 17.6. The number of halogens is 1. The molecule has 0 saturated heterocycles. The second-order valence-corrected chi connectivity index (χ2v) is 6.86. The number of nitrogens with zero attached hydrogens (tertiary/aromatic N) is 1. The first-order valence-corrected chi connectivity index (χ1v) is 8.80. The summed E-state index contributed by atoms with van der Waals surface area (Å²) in [6.45, 7) is 0.701. The SMILES string of the molecule is COCCNC(=O)c1cc(NS(=O)(=O)c2ccc(Cl)cc2)ccn1. The van der Waals surface area contributed by atoms with Gasteiger partial charge in [0.1, 0.15) is 5.69 Å². The summed E-state index contributed by atoms with van der Waals surface area (Å²) >= 11 is 5.75. The average Bonchev–Trinajstić information content (AvgIpc) is 2.55. The average molecular weight is 370 g/mol. The number of anilines is 1. The minimum Gasteiger partial charge on any atom is -0.383 e. The number of aromatic nitrogens is 1. The van der Waals surface area contributed by atoms with E-state index in [0.29, 0.717) is 18.2 Å². The number of benzene rings is 1. The number of methoxy groups -OCH3 is 1. The largest absolute Gasteiger partial charge is 0.383 e. The molecular weight excluding hydrogens is 354 g/mol. The Morgan fingerprint density at radius 3 is 2.62 bits per heavy atom. The third kappa shape index (κ3) is 4.92. The summed E-state index contributed by atoms with van der Waals surface area (Å²) in [5.41, 5.74) is 0.333. The summed E-state index contributed by atoms with van der Waals surface area (Å²) in [6, 6.07) is 8.57. The van der Waals surface area contributed by atoms with Gasteiger partial charge in [-0.2, -0.15) is 0 Å². The van der Waals surface area contributed by atoms with Crippen molar-refractivity contribution in [2.45, 2.75) is 4.90 Å². The van der Waals surface area contributed by atoms with Crippen LogP contribution in [0.1, 0.15) is 10.5 Å². The Morgan fingerprint density at radius 1 is 1.25 bits per heavy atom. The van der Waals surface area contributed by atoms with E-state index in [9.17, 15) is 13.2 Å². The minimum absolute atomic E-state index is 0.0646. The maximum absolute atomic E-state index is 12.3. The number of rotatable bonds is 7. The van der Waals surface area contributed by atoms with E-state index in [2.05, 4.69) is 15.0 Å². The lowest BCUT2D eigenvalue weighted by Gasteiger charge is -2.09. The van der Waals surface area contributed by atoms with Gasteiger partial charge in [-0.3, -0.25) is 14.5 Å². The molecule has 0 aliphatic rings. The molecule has 0 spiro atoms. The Bertz CT molecular complexity index is 810. The first-order chi connectivity index (χ1) is 11.4. The highest BCUT2D eigenvalue weighted by atomic mass is 35.5. The summed E-state index contributed by atoms with van der Waals surface area (Å²) in [4.78, 5) is 15.9. The number of carbonyl (C=O) groups is 1. The van der Waals surface area contributed by atoms with Crippen LogP contribution in [-0.4, -0.2) is 39.6 Å². The van der Waals surface area contributed by atoms with Crippen LogP contribution in [0.5, 0.6) is 0 Å². The van der Waals surface area contributed by atoms with Gasteiger partial charge in [-0.05, 0) is 36.4 Å². The van der Waals surface area contributed by atoms with Gasteiger partial charge in [0.2, 0.25) is 0 Å². The molecule has 2 aromatic rings. The van der Waals surface area contributed by atoms with Gasteiger partial charge in [-0.1, -0.05) is 11.6 Å². The highest BCUT2D eigenvalue weighted by molar-refractivity contribution is 7.92. The predicted molar refractivity (Wildman–Crippen MR) is 90.7 cm³/mol. The molecule has 0 aliphatic heterocycles. The molecule has 0 unspecified atom stereocenters. The molecule has 0 fully saturated rings. The number of nitrogens with one attached hydrogen (secondary N) is 2. The monoisotopic (exact) mass is 369 g/mol. The molecule has 7 nitrogen and oxygen atoms in total. The van der Waals surface area contributed by atoms with Crippen molar-refractivity contribution in [3.8, 4) is 0 Å². The fraction of sp³-hybridized carbons (Fsp3) is 0.200. The highest BCUT2D eigenvalue weighted by Gasteiger charge is 2.15. The molecule has 128 valence electrons. The molecule has 0 radical (unpaired) electrons. The second-order valence-electron chi connectivity index (χ2n) is 4.74. The third-order valence-corrected chi connectivity index (χ3v) is 4.61. The molecule has 0 saturated carbocycles. The Kier molecular flexibility index (Phi) is 6.13. The van der Waals surface area contributed by atoms with E-state index in [1.165, 1.54) is 49.7 Å². The van der Waals surface area contributed by atoms with Crippen molar-refractivity contribution in [3.05, 3.63) is 53.3 Å². The lowest BCUT2D eigenvalue weighted by atomic mass is 10.3. The van der Waals surface area contributed by atoms with Crippen LogP contribution in [0.2, 0.25) is 5.02 Å². The molecule has 1 aromatic heterocycles. The summed E-state index contributed by atoms with van der Waals surface area (Å²) < 4.78 is 31.9. The lowest BCUT2D eigenvalue weighted by Crippen LogP contribution is -2.27. The van der Waals surface area contributed by atoms with Gasteiger partial charge in [-0.25, -0.2) is 8.42 Å². The van der Waals surface area contributed by atoms with E-state index >= 15 is 0 Å². The van der Waals surface area contributed by atoms with E-state index in [0.717, 1.165) is 0 Å². The maximum atomic E-state index is 12.3. The quantitative estimate of drug-likeness (QED) is 0.726. The molecule has 2 rings (SSSR count). The van der Waals surface area contributed by atoms with E-state index in [4.69, 9.17) is 16.3 Å². The molecule has 1 amide bonds. The Labute approximate surface area is 145 Å². The Balaban J connectivity index is 2.14. The van der Waals surface area contributed by atoms with Crippen molar-refractivity contribution in [2.24, 2.45) is 0 Å². The number of pyridine rings is 1. The van der Waals surface area contributed by atoms with Gasteiger partial charge in [0.15, 0.2) is 0 Å². The lowest BCUT2D eigenvalue weighted by molar-refractivity contribution is 0.0932. The van der Waals surface area contributed by atoms with Crippen LogP contribution in [0, 0.1) is 0 Å². The van der Waals surface area contributed by atoms with Crippen molar-refractivity contribution in [3.63, 3.8) is 0 Å². The van der Waals surface area contributed by atoms with Crippen molar-refractivity contribution >= 4 is 33.2 Å². The predicted octanol–water partition coefficient (Wildman–Crippen LogP) is 1.91. The molecule has 9 heteroatoms. The Hall–Kier alpha value is -2.16. The van der Waals surface area contributed by atoms with Crippen LogP contribution in [0.3, 0.4) is 0 Å². The van der Waals surface area contributed by atoms with E-state index < -0.39 is 15.9 Å². The highest BCUT2D eigenvalue weighted by Crippen LogP contribution is 2.18. The van der Waals surface area contributed by atoms with E-state index in [1.54, 1.807) is 0 Å². The van der Waals surface area contributed by atoms with Gasteiger partial charge < -0.3 is 10.1 Å². The normalized spacial score (nSPS) is 11.1. The molecular formula is C15H16ClN3O4S. The van der Waals surface area contributed by atoms with Crippen molar-refractivity contribution in [1.29, 1.82) is 0 Å². The van der Waals surface area contributed by atoms with Gasteiger partial charge in [0.05, 0.1) is 17.2 Å². The van der Waals surface area contributed by atoms with Gasteiger partial charge in [-0.15, -0.1) is 0 Å². The molecule has 0 aliphatic carbocycles. The number of ether oxygens (including phenoxy) is 1.